The van der Waals surface area contributed by atoms with Gasteiger partial charge in [0.2, 0.25) is 0 Å². The van der Waals surface area contributed by atoms with Crippen LogP contribution in [0.4, 0.5) is 17.3 Å². The van der Waals surface area contributed by atoms with Gasteiger partial charge in [-0.3, -0.25) is 10.1 Å². The molecule has 6 nitrogen and oxygen atoms in total. The molecule has 6 heteroatoms. The molecule has 0 saturated heterocycles. The minimum Gasteiger partial charge on any atom is -0.373 e. The molecule has 2 N–H and O–H groups in total. The van der Waals surface area contributed by atoms with Crippen molar-refractivity contribution in [2.24, 2.45) is 5.92 Å². The highest BCUT2D eigenvalue weighted by molar-refractivity contribution is 5.54. The van der Waals surface area contributed by atoms with Crippen LogP contribution in [-0.2, 0) is 0 Å². The summed E-state index contributed by atoms with van der Waals surface area (Å²) in [6, 6.07) is 3.22. The summed E-state index contributed by atoms with van der Waals surface area (Å²) >= 11 is 0. The summed E-state index contributed by atoms with van der Waals surface area (Å²) in [6.07, 6.45) is 3.73. The van der Waals surface area contributed by atoms with Crippen LogP contribution in [0.15, 0.2) is 12.1 Å². The van der Waals surface area contributed by atoms with Gasteiger partial charge in [-0.25, -0.2) is 4.98 Å². The van der Waals surface area contributed by atoms with Crippen LogP contribution in [0.5, 0.6) is 0 Å². The van der Waals surface area contributed by atoms with E-state index in [2.05, 4.69) is 22.5 Å². The summed E-state index contributed by atoms with van der Waals surface area (Å²) in [5.74, 6) is 1.73. The molecule has 1 atom stereocenters. The van der Waals surface area contributed by atoms with Crippen molar-refractivity contribution in [2.75, 3.05) is 17.7 Å². The number of aromatic nitrogens is 1. The SMILES string of the molecule is CNc1cc([N+](=O)[O-])cc(NC(C)C2CCC2)n1. The minimum absolute atomic E-state index is 0.0534. The van der Waals surface area contributed by atoms with Crippen molar-refractivity contribution in [2.45, 2.75) is 32.2 Å². The van der Waals surface area contributed by atoms with Crippen LogP contribution in [0.3, 0.4) is 0 Å². The van der Waals surface area contributed by atoms with Gasteiger partial charge in [-0.2, -0.15) is 0 Å². The zero-order chi connectivity index (χ0) is 13.1. The smallest absolute Gasteiger partial charge is 0.276 e. The van der Waals surface area contributed by atoms with E-state index in [1.807, 2.05) is 0 Å². The third-order valence-electron chi connectivity index (χ3n) is 3.51. The van der Waals surface area contributed by atoms with Gasteiger partial charge in [0.25, 0.3) is 5.69 Å². The van der Waals surface area contributed by atoms with Crippen LogP contribution in [-0.4, -0.2) is 23.0 Å². The Hall–Kier alpha value is -1.85. The lowest BCUT2D eigenvalue weighted by Gasteiger charge is -2.32. The monoisotopic (exact) mass is 250 g/mol. The first-order valence-electron chi connectivity index (χ1n) is 6.21. The maximum absolute atomic E-state index is 10.8. The second kappa shape index (κ2) is 5.20. The second-order valence-electron chi connectivity index (χ2n) is 4.73. The summed E-state index contributed by atoms with van der Waals surface area (Å²) in [7, 11) is 1.70. The first-order chi connectivity index (χ1) is 8.60. The van der Waals surface area contributed by atoms with E-state index in [4.69, 9.17) is 0 Å². The summed E-state index contributed by atoms with van der Waals surface area (Å²) in [6.45, 7) is 2.10. The van der Waals surface area contributed by atoms with E-state index >= 15 is 0 Å². The second-order valence-corrected chi connectivity index (χ2v) is 4.73. The fourth-order valence-electron chi connectivity index (χ4n) is 2.11. The van der Waals surface area contributed by atoms with E-state index in [0.717, 1.165) is 0 Å². The molecule has 0 aromatic carbocycles. The maximum Gasteiger partial charge on any atom is 0.276 e. The fraction of sp³-hybridized carbons (Fsp3) is 0.583. The quantitative estimate of drug-likeness (QED) is 0.620. The summed E-state index contributed by atoms with van der Waals surface area (Å²) in [5, 5.41) is 16.9. The molecular formula is C12H18N4O2. The molecule has 1 saturated carbocycles. The van der Waals surface area contributed by atoms with Crippen molar-refractivity contribution in [1.82, 2.24) is 4.98 Å². The number of anilines is 2. The first-order valence-corrected chi connectivity index (χ1v) is 6.21. The third-order valence-corrected chi connectivity index (χ3v) is 3.51. The average molecular weight is 250 g/mol. The number of rotatable bonds is 5. The predicted molar refractivity (Wildman–Crippen MR) is 70.9 cm³/mol. The molecule has 1 fully saturated rings. The molecule has 0 aliphatic heterocycles. The van der Waals surface area contributed by atoms with Gasteiger partial charge in [-0.15, -0.1) is 0 Å². The van der Waals surface area contributed by atoms with Gasteiger partial charge in [0.05, 0.1) is 17.1 Å². The normalized spacial score (nSPS) is 16.8. The van der Waals surface area contributed by atoms with E-state index in [9.17, 15) is 10.1 Å². The molecule has 0 bridgehead atoms. The Morgan fingerprint density at radius 2 is 2.11 bits per heavy atom. The van der Waals surface area contributed by atoms with Gasteiger partial charge in [-0.05, 0) is 25.7 Å². The lowest BCUT2D eigenvalue weighted by Crippen LogP contribution is -2.31. The Morgan fingerprint density at radius 1 is 1.44 bits per heavy atom. The van der Waals surface area contributed by atoms with E-state index in [1.54, 1.807) is 7.05 Å². The van der Waals surface area contributed by atoms with Crippen LogP contribution in [0.25, 0.3) is 0 Å². The Bertz CT molecular complexity index is 446. The van der Waals surface area contributed by atoms with Crippen LogP contribution < -0.4 is 10.6 Å². The van der Waals surface area contributed by atoms with E-state index in [1.165, 1.54) is 31.4 Å². The van der Waals surface area contributed by atoms with Gasteiger partial charge in [0.15, 0.2) is 0 Å². The molecule has 1 heterocycles. The molecule has 1 aliphatic carbocycles. The maximum atomic E-state index is 10.8. The number of hydrogen-bond acceptors (Lipinski definition) is 5. The summed E-state index contributed by atoms with van der Waals surface area (Å²) in [4.78, 5) is 14.7. The Morgan fingerprint density at radius 3 is 2.61 bits per heavy atom. The number of nitro groups is 1. The molecule has 0 amide bonds. The first kappa shape index (κ1) is 12.6. The standard InChI is InChI=1S/C12H18N4O2/c1-8(9-4-3-5-9)14-12-7-10(16(17)18)6-11(13-2)15-12/h6-9H,3-5H2,1-2H3,(H2,13,14,15). The van der Waals surface area contributed by atoms with Crippen molar-refractivity contribution in [3.63, 3.8) is 0 Å². The van der Waals surface area contributed by atoms with Crippen molar-refractivity contribution in [3.8, 4) is 0 Å². The number of nitrogens with one attached hydrogen (secondary N) is 2. The highest BCUT2D eigenvalue weighted by Crippen LogP contribution is 2.31. The van der Waals surface area contributed by atoms with Gasteiger partial charge in [0, 0.05) is 13.1 Å². The zero-order valence-electron chi connectivity index (χ0n) is 10.6. The van der Waals surface area contributed by atoms with E-state index < -0.39 is 4.92 Å². The Labute approximate surface area is 106 Å². The minimum atomic E-state index is -0.401. The van der Waals surface area contributed by atoms with Crippen LogP contribution >= 0.6 is 0 Å². The fourth-order valence-corrected chi connectivity index (χ4v) is 2.11. The van der Waals surface area contributed by atoms with Crippen LogP contribution in [0.2, 0.25) is 0 Å². The zero-order valence-corrected chi connectivity index (χ0v) is 10.6. The molecular weight excluding hydrogens is 232 g/mol. The molecule has 1 aromatic heterocycles. The van der Waals surface area contributed by atoms with E-state index in [-0.39, 0.29) is 5.69 Å². The highest BCUT2D eigenvalue weighted by atomic mass is 16.6. The molecule has 18 heavy (non-hydrogen) atoms. The molecule has 98 valence electrons. The summed E-state index contributed by atoms with van der Waals surface area (Å²) in [5.41, 5.74) is 0.0534. The van der Waals surface area contributed by atoms with Gasteiger partial charge in [-0.1, -0.05) is 6.42 Å². The third kappa shape index (κ3) is 2.69. The topological polar surface area (TPSA) is 80.1 Å². The van der Waals surface area contributed by atoms with Crippen molar-refractivity contribution in [1.29, 1.82) is 0 Å². The molecule has 0 spiro atoms. The van der Waals surface area contributed by atoms with Crippen molar-refractivity contribution < 1.29 is 4.92 Å². The molecule has 1 aromatic rings. The van der Waals surface area contributed by atoms with Crippen molar-refractivity contribution in [3.05, 3.63) is 22.2 Å². The Balaban J connectivity index is 2.15. The molecule has 2 rings (SSSR count). The number of nitrogens with zero attached hydrogens (tertiary/aromatic N) is 2. The lowest BCUT2D eigenvalue weighted by molar-refractivity contribution is -0.384. The van der Waals surface area contributed by atoms with Crippen molar-refractivity contribution >= 4 is 17.3 Å². The highest BCUT2D eigenvalue weighted by Gasteiger charge is 2.24. The van der Waals surface area contributed by atoms with Gasteiger partial charge < -0.3 is 10.6 Å². The molecule has 1 aliphatic rings. The van der Waals surface area contributed by atoms with Crippen LogP contribution in [0.1, 0.15) is 26.2 Å². The molecule has 0 radical (unpaired) electrons. The lowest BCUT2D eigenvalue weighted by atomic mass is 9.80. The molecule has 1 unspecified atom stereocenters. The van der Waals surface area contributed by atoms with Crippen LogP contribution in [0, 0.1) is 16.0 Å². The predicted octanol–water partition coefficient (Wildman–Crippen LogP) is 2.63. The Kier molecular flexibility index (Phi) is 3.64. The number of pyridine rings is 1. The van der Waals surface area contributed by atoms with Gasteiger partial charge in [0.1, 0.15) is 11.6 Å². The average Bonchev–Trinajstić information content (AvgIpc) is 2.25. The summed E-state index contributed by atoms with van der Waals surface area (Å²) < 4.78 is 0. The largest absolute Gasteiger partial charge is 0.373 e. The number of hydrogen-bond donors (Lipinski definition) is 2. The van der Waals surface area contributed by atoms with Gasteiger partial charge >= 0.3 is 0 Å². The van der Waals surface area contributed by atoms with E-state index in [0.29, 0.717) is 23.6 Å².